The van der Waals surface area contributed by atoms with Crippen LogP contribution in [0.3, 0.4) is 0 Å². The van der Waals surface area contributed by atoms with Crippen molar-refractivity contribution in [1.29, 1.82) is 0 Å². The molecule has 1 saturated heterocycles. The summed E-state index contributed by atoms with van der Waals surface area (Å²) in [5.41, 5.74) is 1.13. The Kier molecular flexibility index (Phi) is 4.93. The third kappa shape index (κ3) is 3.95. The Balaban J connectivity index is 1.99. The monoisotopic (exact) mass is 265 g/mol. The molecule has 0 aromatic heterocycles. The summed E-state index contributed by atoms with van der Waals surface area (Å²) in [6.07, 6.45) is 1.45. The fourth-order valence-electron chi connectivity index (χ4n) is 2.23. The number of nitrogens with zero attached hydrogens (tertiary/aromatic N) is 1. The number of rotatable bonds is 6. The topological polar surface area (TPSA) is 40.5 Å². The minimum Gasteiger partial charge on any atom is -0.481 e. The van der Waals surface area contributed by atoms with Crippen molar-refractivity contribution >= 4 is 23.4 Å². The average Bonchev–Trinajstić information content (AvgIpc) is 2.88. The highest BCUT2D eigenvalue weighted by Gasteiger charge is 2.19. The third-order valence-electron chi connectivity index (χ3n) is 3.22. The normalized spacial score (nSPS) is 18.8. The number of carboxylic acids is 1. The Morgan fingerprint density at radius 1 is 1.39 bits per heavy atom. The van der Waals surface area contributed by atoms with Gasteiger partial charge < -0.3 is 10.0 Å². The van der Waals surface area contributed by atoms with Crippen molar-refractivity contribution in [2.75, 3.05) is 29.5 Å². The lowest BCUT2D eigenvalue weighted by molar-refractivity contribution is -0.136. The van der Waals surface area contributed by atoms with E-state index in [1.54, 1.807) is 0 Å². The summed E-state index contributed by atoms with van der Waals surface area (Å²) in [5, 5.41) is 8.84. The average molecular weight is 265 g/mol. The lowest BCUT2D eigenvalue weighted by atomic mass is 10.1. The van der Waals surface area contributed by atoms with E-state index in [-0.39, 0.29) is 6.42 Å². The molecule has 1 heterocycles. The predicted molar refractivity (Wildman–Crippen MR) is 76.3 cm³/mol. The molecule has 1 N–H and O–H groups in total. The minimum atomic E-state index is -0.725. The number of carbonyl (C=O) groups is 1. The first-order valence-corrected chi connectivity index (χ1v) is 7.50. The predicted octanol–water partition coefficient (Wildman–Crippen LogP) is 2.72. The number of para-hydroxylation sites is 1. The standard InChI is InChI=1S/C14H19NO2S/c16-14(17)6-8-15(10-12-7-9-18-11-12)13-4-2-1-3-5-13/h1-5,12H,6-11H2,(H,16,17). The molecule has 0 radical (unpaired) electrons. The Morgan fingerprint density at radius 3 is 2.78 bits per heavy atom. The van der Waals surface area contributed by atoms with Crippen molar-refractivity contribution < 1.29 is 9.90 Å². The van der Waals surface area contributed by atoms with Gasteiger partial charge in [-0.2, -0.15) is 11.8 Å². The van der Waals surface area contributed by atoms with E-state index in [0.29, 0.717) is 12.5 Å². The van der Waals surface area contributed by atoms with Gasteiger partial charge in [0.25, 0.3) is 0 Å². The second-order valence-corrected chi connectivity index (χ2v) is 5.80. The molecule has 98 valence electrons. The SMILES string of the molecule is O=C(O)CCN(CC1CCSC1)c1ccccc1. The molecule has 4 heteroatoms. The van der Waals surface area contributed by atoms with Crippen molar-refractivity contribution in [1.82, 2.24) is 0 Å². The molecule has 1 unspecified atom stereocenters. The van der Waals surface area contributed by atoms with Crippen LogP contribution in [-0.2, 0) is 4.79 Å². The molecule has 1 aliphatic rings. The first-order chi connectivity index (χ1) is 8.75. The second-order valence-electron chi connectivity index (χ2n) is 4.65. The summed E-state index contributed by atoms with van der Waals surface area (Å²) in [5.74, 6) is 2.42. The van der Waals surface area contributed by atoms with E-state index in [1.807, 2.05) is 30.0 Å². The van der Waals surface area contributed by atoms with Gasteiger partial charge in [0.2, 0.25) is 0 Å². The molecule has 0 aliphatic carbocycles. The minimum absolute atomic E-state index is 0.203. The van der Waals surface area contributed by atoms with Gasteiger partial charge >= 0.3 is 5.97 Å². The largest absolute Gasteiger partial charge is 0.481 e. The van der Waals surface area contributed by atoms with Crippen LogP contribution in [0.4, 0.5) is 5.69 Å². The van der Waals surface area contributed by atoms with Crippen LogP contribution in [0, 0.1) is 5.92 Å². The molecular weight excluding hydrogens is 246 g/mol. The van der Waals surface area contributed by atoms with Gasteiger partial charge in [-0.3, -0.25) is 4.79 Å². The number of thioether (sulfide) groups is 1. The highest BCUT2D eigenvalue weighted by molar-refractivity contribution is 7.99. The van der Waals surface area contributed by atoms with Gasteiger partial charge in [0, 0.05) is 18.8 Å². The second kappa shape index (κ2) is 6.69. The zero-order valence-electron chi connectivity index (χ0n) is 10.4. The molecule has 1 aromatic carbocycles. The van der Waals surface area contributed by atoms with E-state index < -0.39 is 5.97 Å². The van der Waals surface area contributed by atoms with Gasteiger partial charge in [0.05, 0.1) is 6.42 Å². The number of benzene rings is 1. The maximum absolute atomic E-state index is 10.7. The summed E-state index contributed by atoms with van der Waals surface area (Å²) < 4.78 is 0. The van der Waals surface area contributed by atoms with Gasteiger partial charge in [-0.05, 0) is 36.0 Å². The molecular formula is C14H19NO2S. The molecule has 1 atom stereocenters. The third-order valence-corrected chi connectivity index (χ3v) is 4.45. The van der Waals surface area contributed by atoms with Crippen LogP contribution in [0.25, 0.3) is 0 Å². The summed E-state index contributed by atoms with van der Waals surface area (Å²) in [7, 11) is 0. The van der Waals surface area contributed by atoms with Crippen LogP contribution in [0.1, 0.15) is 12.8 Å². The van der Waals surface area contributed by atoms with Crippen LogP contribution >= 0.6 is 11.8 Å². The molecule has 0 saturated carbocycles. The van der Waals surface area contributed by atoms with Crippen LogP contribution < -0.4 is 4.90 Å². The fourth-order valence-corrected chi connectivity index (χ4v) is 3.51. The lowest BCUT2D eigenvalue weighted by Crippen LogP contribution is -2.31. The zero-order chi connectivity index (χ0) is 12.8. The van der Waals surface area contributed by atoms with Gasteiger partial charge in [-0.1, -0.05) is 18.2 Å². The molecule has 0 amide bonds. The summed E-state index contributed by atoms with van der Waals surface area (Å²) in [6, 6.07) is 10.1. The van der Waals surface area contributed by atoms with Crippen LogP contribution in [-0.4, -0.2) is 35.7 Å². The Morgan fingerprint density at radius 2 is 2.17 bits per heavy atom. The number of anilines is 1. The van der Waals surface area contributed by atoms with Crippen molar-refractivity contribution in [3.05, 3.63) is 30.3 Å². The van der Waals surface area contributed by atoms with Gasteiger partial charge in [-0.15, -0.1) is 0 Å². The molecule has 2 rings (SSSR count). The van der Waals surface area contributed by atoms with E-state index in [1.165, 1.54) is 17.9 Å². The lowest BCUT2D eigenvalue weighted by Gasteiger charge is -2.27. The first kappa shape index (κ1) is 13.3. The summed E-state index contributed by atoms with van der Waals surface area (Å²) in [6.45, 7) is 1.57. The van der Waals surface area contributed by atoms with Gasteiger partial charge in [0.15, 0.2) is 0 Å². The summed E-state index contributed by atoms with van der Waals surface area (Å²) >= 11 is 2.00. The Bertz CT molecular complexity index is 377. The maximum Gasteiger partial charge on any atom is 0.305 e. The summed E-state index contributed by atoms with van der Waals surface area (Å²) in [4.78, 5) is 13.0. The van der Waals surface area contributed by atoms with E-state index >= 15 is 0 Å². The van der Waals surface area contributed by atoms with Crippen LogP contribution in [0.15, 0.2) is 30.3 Å². The van der Waals surface area contributed by atoms with E-state index in [4.69, 9.17) is 5.11 Å². The first-order valence-electron chi connectivity index (χ1n) is 6.35. The van der Waals surface area contributed by atoms with Crippen LogP contribution in [0.2, 0.25) is 0 Å². The number of carboxylic acid groups (broad SMARTS) is 1. The van der Waals surface area contributed by atoms with E-state index in [9.17, 15) is 4.79 Å². The quantitative estimate of drug-likeness (QED) is 0.858. The molecule has 0 spiro atoms. The Hall–Kier alpha value is -1.16. The van der Waals surface area contributed by atoms with Crippen molar-refractivity contribution in [2.45, 2.75) is 12.8 Å². The van der Waals surface area contributed by atoms with E-state index in [2.05, 4.69) is 17.0 Å². The molecule has 0 bridgehead atoms. The van der Waals surface area contributed by atoms with Crippen molar-refractivity contribution in [2.24, 2.45) is 5.92 Å². The molecule has 3 nitrogen and oxygen atoms in total. The fraction of sp³-hybridized carbons (Fsp3) is 0.500. The molecule has 1 aromatic rings. The van der Waals surface area contributed by atoms with Crippen molar-refractivity contribution in [3.63, 3.8) is 0 Å². The van der Waals surface area contributed by atoms with Gasteiger partial charge in [-0.25, -0.2) is 0 Å². The molecule has 1 aliphatic heterocycles. The number of hydrogen-bond acceptors (Lipinski definition) is 3. The van der Waals surface area contributed by atoms with Crippen molar-refractivity contribution in [3.8, 4) is 0 Å². The number of aliphatic carboxylic acids is 1. The number of hydrogen-bond donors (Lipinski definition) is 1. The maximum atomic E-state index is 10.7. The van der Waals surface area contributed by atoms with Gasteiger partial charge in [0.1, 0.15) is 0 Å². The highest BCUT2D eigenvalue weighted by Crippen LogP contribution is 2.26. The smallest absolute Gasteiger partial charge is 0.305 e. The molecule has 1 fully saturated rings. The zero-order valence-corrected chi connectivity index (χ0v) is 11.2. The van der Waals surface area contributed by atoms with Crippen LogP contribution in [0.5, 0.6) is 0 Å². The van der Waals surface area contributed by atoms with E-state index in [0.717, 1.165) is 12.2 Å². The Labute approximate surface area is 112 Å². The molecule has 18 heavy (non-hydrogen) atoms. The highest BCUT2D eigenvalue weighted by atomic mass is 32.2.